The number of piperazine rings is 2. The van der Waals surface area contributed by atoms with E-state index in [0.29, 0.717) is 120 Å². The van der Waals surface area contributed by atoms with Crippen molar-refractivity contribution in [3.05, 3.63) is 293 Å². The van der Waals surface area contributed by atoms with Crippen molar-refractivity contribution >= 4 is 112 Å². The van der Waals surface area contributed by atoms with E-state index in [9.17, 15) is 24.0 Å². The van der Waals surface area contributed by atoms with Gasteiger partial charge in [0, 0.05) is 239 Å². The van der Waals surface area contributed by atoms with Crippen molar-refractivity contribution < 1.29 is 22.1 Å². The fourth-order valence-electron chi connectivity index (χ4n) is 20.1. The molecule has 15 aromatic heterocycles. The van der Waals surface area contributed by atoms with Gasteiger partial charge in [0.15, 0.2) is 28.2 Å². The van der Waals surface area contributed by atoms with Crippen LogP contribution in [0, 0.1) is 55.4 Å². The Morgan fingerprint density at radius 3 is 1.26 bits per heavy atom. The SMILES string of the molecule is CCN1CCCN(c2ccc3cc(-c4cn5cc(C)ncc5n4)c(=O)oc3c2)CC1.CCN1CCN(c2ccc3cc(-c4cn5cc(C)nc(C)c5n4)c(=O)oc3c2)CC1.Cc1ccc2nc(-c3cc4ccc(N5C[C@@H](C)N[C@@H](C)C5)cc4oc3=O)cn2n1.Cc1cn2cc(-c3cc4ccc(N(C)[C@H]5CCNC5)cc4oc3=O)nc2c(C)n1.Cc1cn2cc(-c3cc4ccc(NC5CNC5)cc4oc3=O)nc2c(C)n1. The van der Waals surface area contributed by atoms with E-state index in [4.69, 9.17) is 22.1 Å². The number of rotatable bonds is 14. The van der Waals surface area contributed by atoms with Crippen molar-refractivity contribution in [1.82, 2.24) is 97.8 Å². The highest BCUT2D eigenvalue weighted by Gasteiger charge is 2.28. The Bertz CT molecular complexity index is 8680. The van der Waals surface area contributed by atoms with Crippen LogP contribution >= 0.6 is 0 Å². The average molecular weight is 1950 g/mol. The standard InChI is InChI=1S/2C23H25N5O2.2C22H23N5O2.C20H19N5O2/c1-4-26-7-9-27(10-8-26)18-6-5-17-11-19(23(29)30-21(17)12-18)20-14-28-13-15(2)24-16(3)22(28)25-20;1-3-26-7-4-8-27(10-9-26)18-6-5-17-11-19(23(29)30-21(17)12-18)20-15-28-14-16(2)24-13-22(28)25-20;1-13-4-7-21-24-19(12-27(21)25-13)18-8-16-5-6-17(9-20(16)29-22(18)28)26-10-14(2)23-15(3)11-26;1-13-11-27-12-19(25-21(27)14(2)24-13)18-8-15-4-5-16(9-20(15)29-22(18)28)26(3)17-6-7-23-10-17;1-11-9-25-10-17(24-19(25)12(2)22-11)16-5-13-3-4-14(23-15-7-21-8-15)6-18(13)27-20(16)26/h5-6,11-14H,4,7-10H2,1-3H3;5-6,11-15H,3-4,7-10H2,1-2H3;4-9,12,14-15,23H,10-11H2,1-3H3;4-5,8-9,11-12,17,23H,6-7,10H2,1-3H3;3-6,9-10,15,21,23H,7-8H2,1-2H3/t;;14-,15+;17-;/m...0./s1. The second-order valence-corrected chi connectivity index (χ2v) is 38.5. The number of aryl methyl sites for hydroxylation is 8. The van der Waals surface area contributed by atoms with Gasteiger partial charge in [0.05, 0.1) is 120 Å². The molecule has 740 valence electrons. The van der Waals surface area contributed by atoms with Crippen molar-refractivity contribution in [2.75, 3.05) is 137 Å². The molecule has 0 bridgehead atoms. The van der Waals surface area contributed by atoms with E-state index < -0.39 is 11.3 Å². The molecule has 0 spiro atoms. The lowest BCUT2D eigenvalue weighted by molar-refractivity contribution is 0.271. The third-order valence-corrected chi connectivity index (χ3v) is 27.7. The first-order chi connectivity index (χ1) is 70.1. The summed E-state index contributed by atoms with van der Waals surface area (Å²) >= 11 is 0. The molecule has 3 atom stereocenters. The number of hydrogen-bond donors (Lipinski definition) is 4. The van der Waals surface area contributed by atoms with Crippen molar-refractivity contribution in [3.8, 4) is 56.3 Å². The number of benzene rings is 5. The van der Waals surface area contributed by atoms with Gasteiger partial charge in [0.25, 0.3) is 0 Å². The van der Waals surface area contributed by atoms with Crippen molar-refractivity contribution in [1.29, 1.82) is 0 Å². The molecule has 5 saturated heterocycles. The lowest BCUT2D eigenvalue weighted by Crippen LogP contribution is -2.54. The molecular formula is C110H115N25O10. The van der Waals surface area contributed by atoms with E-state index in [-0.39, 0.29) is 16.9 Å². The predicted molar refractivity (Wildman–Crippen MR) is 568 cm³/mol. The molecule has 4 N–H and O–H groups in total. The highest BCUT2D eigenvalue weighted by molar-refractivity contribution is 5.89. The number of fused-ring (bicyclic) bond motifs is 10. The van der Waals surface area contributed by atoms with E-state index in [1.54, 1.807) is 16.9 Å². The summed E-state index contributed by atoms with van der Waals surface area (Å²) in [5, 5.41) is 22.4. The Balaban J connectivity index is 0.000000107. The zero-order chi connectivity index (χ0) is 100. The minimum atomic E-state index is -0.393. The first-order valence-corrected chi connectivity index (χ1v) is 49.6. The summed E-state index contributed by atoms with van der Waals surface area (Å²) in [6, 6.07) is 44.9. The van der Waals surface area contributed by atoms with Gasteiger partial charge >= 0.3 is 28.1 Å². The van der Waals surface area contributed by atoms with Gasteiger partial charge in [-0.15, -0.1) is 0 Å². The fraction of sp³-hybridized carbons (Fsp3) is 0.318. The Morgan fingerprint density at radius 1 is 0.386 bits per heavy atom. The largest absolute Gasteiger partial charge is 0.422 e. The van der Waals surface area contributed by atoms with Gasteiger partial charge in [-0.3, -0.25) is 19.9 Å². The Hall–Kier alpha value is -16.0. The molecule has 20 aromatic rings. The Morgan fingerprint density at radius 2 is 0.800 bits per heavy atom. The van der Waals surface area contributed by atoms with Gasteiger partial charge in [-0.05, 0) is 211 Å². The maximum absolute atomic E-state index is 12.8. The minimum Gasteiger partial charge on any atom is -0.422 e. The zero-order valence-corrected chi connectivity index (χ0v) is 83.5. The third kappa shape index (κ3) is 20.2. The molecule has 0 saturated carbocycles. The van der Waals surface area contributed by atoms with E-state index in [1.165, 1.54) is 0 Å². The van der Waals surface area contributed by atoms with E-state index in [1.807, 2.05) is 232 Å². The van der Waals surface area contributed by atoms with Crippen LogP contribution in [0.4, 0.5) is 28.4 Å². The normalized spacial score (nSPS) is 16.5. The van der Waals surface area contributed by atoms with Crippen LogP contribution in [0.2, 0.25) is 0 Å². The molecule has 5 aromatic carbocycles. The summed E-state index contributed by atoms with van der Waals surface area (Å²) in [4.78, 5) is 118. The average Bonchev–Trinajstić information content (AvgIpc) is 1.66. The maximum atomic E-state index is 12.8. The minimum absolute atomic E-state index is 0.374. The van der Waals surface area contributed by atoms with Crippen molar-refractivity contribution in [2.45, 2.75) is 120 Å². The first kappa shape index (κ1) is 95.2. The van der Waals surface area contributed by atoms with Crippen LogP contribution in [0.5, 0.6) is 0 Å². The molecule has 20 heterocycles. The summed E-state index contributed by atoms with van der Waals surface area (Å²) in [6.07, 6.45) is 20.7. The summed E-state index contributed by atoms with van der Waals surface area (Å²) in [5.74, 6) is 0. The summed E-state index contributed by atoms with van der Waals surface area (Å²) < 4.78 is 37.7. The molecule has 5 aliphatic rings. The topological polar surface area (TPSA) is 370 Å². The first-order valence-electron chi connectivity index (χ1n) is 49.6. The molecule has 0 radical (unpaired) electrons. The molecule has 145 heavy (non-hydrogen) atoms. The maximum Gasteiger partial charge on any atom is 0.345 e. The Labute approximate surface area is 832 Å². The van der Waals surface area contributed by atoms with Crippen molar-refractivity contribution in [2.24, 2.45) is 0 Å². The molecule has 0 aliphatic carbocycles. The Kier molecular flexibility index (Phi) is 26.3. The third-order valence-electron chi connectivity index (χ3n) is 27.7. The quantitative estimate of drug-likeness (QED) is 0.0735. The number of hydrogen-bond acceptors (Lipinski definition) is 30. The van der Waals surface area contributed by atoms with Gasteiger partial charge in [0.2, 0.25) is 0 Å². The monoisotopic (exact) mass is 1950 g/mol. The van der Waals surface area contributed by atoms with E-state index in [0.717, 1.165) is 235 Å². The van der Waals surface area contributed by atoms with Crippen LogP contribution in [0.3, 0.4) is 0 Å². The number of anilines is 5. The van der Waals surface area contributed by atoms with Crippen LogP contribution < -0.4 is 69.0 Å². The lowest BCUT2D eigenvalue weighted by Gasteiger charge is -2.37. The van der Waals surface area contributed by atoms with E-state index in [2.05, 4.69) is 160 Å². The van der Waals surface area contributed by atoms with E-state index >= 15 is 0 Å². The second kappa shape index (κ2) is 40.1. The molecule has 0 unspecified atom stereocenters. The number of nitrogens with zero attached hydrogens (tertiary/aromatic N) is 21. The molecule has 35 nitrogen and oxygen atoms in total. The summed E-state index contributed by atoms with van der Waals surface area (Å²) in [5.41, 5.74) is 22.1. The van der Waals surface area contributed by atoms with Crippen molar-refractivity contribution in [3.63, 3.8) is 0 Å². The van der Waals surface area contributed by atoms with Crippen LogP contribution in [0.25, 0.3) is 139 Å². The molecule has 0 amide bonds. The van der Waals surface area contributed by atoms with Gasteiger partial charge in [-0.2, -0.15) is 5.10 Å². The summed E-state index contributed by atoms with van der Waals surface area (Å²) in [6.45, 7) is 40.3. The smallest absolute Gasteiger partial charge is 0.345 e. The highest BCUT2D eigenvalue weighted by atomic mass is 16.4. The number of aromatic nitrogens is 15. The van der Waals surface area contributed by atoms with Crippen LogP contribution in [0.1, 0.15) is 86.1 Å². The van der Waals surface area contributed by atoms with Gasteiger partial charge in [0.1, 0.15) is 27.9 Å². The molecular weight excluding hydrogens is 1830 g/mol. The van der Waals surface area contributed by atoms with Crippen LogP contribution in [-0.4, -0.2) is 218 Å². The fourth-order valence-corrected chi connectivity index (χ4v) is 20.1. The predicted octanol–water partition coefficient (Wildman–Crippen LogP) is 15.0. The van der Waals surface area contributed by atoms with Gasteiger partial charge in [-0.1, -0.05) is 13.8 Å². The molecule has 5 fully saturated rings. The molecule has 35 heteroatoms. The molecule has 25 rings (SSSR count). The molecule has 5 aliphatic heterocycles. The van der Waals surface area contributed by atoms with Crippen LogP contribution in [0.15, 0.2) is 241 Å². The van der Waals surface area contributed by atoms with Crippen LogP contribution in [-0.2, 0) is 0 Å². The number of imidazole rings is 5. The van der Waals surface area contributed by atoms with Gasteiger partial charge < -0.3 is 90.4 Å². The van der Waals surface area contributed by atoms with Gasteiger partial charge in [-0.25, -0.2) is 53.4 Å². The summed E-state index contributed by atoms with van der Waals surface area (Å²) in [7, 11) is 2.08. The lowest BCUT2D eigenvalue weighted by atomic mass is 10.1. The highest BCUT2D eigenvalue weighted by Crippen LogP contribution is 2.35. The number of nitrogens with one attached hydrogen (secondary N) is 4. The zero-order valence-electron chi connectivity index (χ0n) is 83.5. The number of likely N-dealkylation sites (N-methyl/N-ethyl adjacent to an activating group) is 3. The second-order valence-electron chi connectivity index (χ2n) is 38.5.